The fourth-order valence-electron chi connectivity index (χ4n) is 3.17. The second-order valence-electron chi connectivity index (χ2n) is 8.06. The predicted molar refractivity (Wildman–Crippen MR) is 103 cm³/mol. The van der Waals surface area contributed by atoms with Crippen molar-refractivity contribution in [3.63, 3.8) is 0 Å². The van der Waals surface area contributed by atoms with Crippen LogP contribution in [0.5, 0.6) is 5.88 Å². The molecule has 0 saturated carbocycles. The van der Waals surface area contributed by atoms with Crippen molar-refractivity contribution in [1.82, 2.24) is 20.2 Å². The molecule has 0 aromatic carbocycles. The van der Waals surface area contributed by atoms with E-state index >= 15 is 0 Å². The normalized spacial score (nSPS) is 15.8. The Balaban J connectivity index is 1.51. The summed E-state index contributed by atoms with van der Waals surface area (Å²) < 4.78 is 20.3. The molecule has 0 bridgehead atoms. The first-order valence-electron chi connectivity index (χ1n) is 9.59. The number of hydrogen-bond acceptors (Lipinski definition) is 6. The van der Waals surface area contributed by atoms with Gasteiger partial charge in [-0.15, -0.1) is 5.10 Å². The maximum atomic E-state index is 14.4. The van der Waals surface area contributed by atoms with Crippen molar-refractivity contribution in [3.05, 3.63) is 35.7 Å². The lowest BCUT2D eigenvalue weighted by atomic mass is 9.92. The van der Waals surface area contributed by atoms with Crippen molar-refractivity contribution >= 4 is 5.82 Å². The Labute approximate surface area is 160 Å². The van der Waals surface area contributed by atoms with E-state index in [1.165, 1.54) is 6.33 Å². The Morgan fingerprint density at radius 2 is 1.89 bits per heavy atom. The van der Waals surface area contributed by atoms with E-state index in [0.717, 1.165) is 31.6 Å². The van der Waals surface area contributed by atoms with Crippen LogP contribution in [0.3, 0.4) is 0 Å². The summed E-state index contributed by atoms with van der Waals surface area (Å²) in [7, 11) is 0. The van der Waals surface area contributed by atoms with Crippen LogP contribution in [0.25, 0.3) is 0 Å². The van der Waals surface area contributed by atoms with E-state index in [2.05, 4.69) is 40.9 Å². The molecule has 146 valence electrons. The first kappa shape index (κ1) is 19.5. The van der Waals surface area contributed by atoms with Crippen LogP contribution in [0.2, 0.25) is 0 Å². The Hall–Kier alpha value is -2.31. The summed E-state index contributed by atoms with van der Waals surface area (Å²) in [6.07, 6.45) is 3.88. The molecule has 7 heteroatoms. The number of piperidine rings is 1. The first-order chi connectivity index (χ1) is 12.9. The lowest BCUT2D eigenvalue weighted by molar-refractivity contribution is 0.213. The minimum absolute atomic E-state index is 0.0216. The van der Waals surface area contributed by atoms with Crippen LogP contribution in [0.4, 0.5) is 10.2 Å². The van der Waals surface area contributed by atoms with E-state index in [1.54, 1.807) is 0 Å². The monoisotopic (exact) mass is 373 g/mol. The summed E-state index contributed by atoms with van der Waals surface area (Å²) in [5.74, 6) is 1.11. The molecule has 0 N–H and O–H groups in total. The average molecular weight is 373 g/mol. The van der Waals surface area contributed by atoms with Crippen molar-refractivity contribution in [1.29, 1.82) is 0 Å². The summed E-state index contributed by atoms with van der Waals surface area (Å²) >= 11 is 0. The summed E-state index contributed by atoms with van der Waals surface area (Å²) in [4.78, 5) is 10.2. The quantitative estimate of drug-likeness (QED) is 0.798. The number of aromatic nitrogens is 4. The Morgan fingerprint density at radius 3 is 2.48 bits per heavy atom. The van der Waals surface area contributed by atoms with E-state index in [-0.39, 0.29) is 11.2 Å². The minimum atomic E-state index is -0.288. The molecule has 0 aliphatic carbocycles. The number of rotatable bonds is 5. The highest BCUT2D eigenvalue weighted by Gasteiger charge is 2.24. The maximum absolute atomic E-state index is 14.4. The molecule has 0 radical (unpaired) electrons. The van der Waals surface area contributed by atoms with E-state index in [9.17, 15) is 4.39 Å². The molecule has 27 heavy (non-hydrogen) atoms. The van der Waals surface area contributed by atoms with Gasteiger partial charge in [-0.05, 0) is 31.2 Å². The zero-order chi connectivity index (χ0) is 19.4. The van der Waals surface area contributed by atoms with E-state index in [0.29, 0.717) is 36.3 Å². The molecule has 0 amide bonds. The fraction of sp³-hybridized carbons (Fsp3) is 0.600. The number of halogens is 1. The number of nitrogens with zero attached hydrogens (tertiary/aromatic N) is 5. The third-order valence-electron chi connectivity index (χ3n) is 4.97. The van der Waals surface area contributed by atoms with Gasteiger partial charge < -0.3 is 9.64 Å². The predicted octanol–water partition coefficient (Wildman–Crippen LogP) is 3.56. The molecule has 1 aliphatic heterocycles. The van der Waals surface area contributed by atoms with Crippen LogP contribution in [0, 0.1) is 11.7 Å². The second kappa shape index (κ2) is 8.15. The van der Waals surface area contributed by atoms with Gasteiger partial charge in [0.15, 0.2) is 11.6 Å². The van der Waals surface area contributed by atoms with Crippen LogP contribution < -0.4 is 9.64 Å². The largest absolute Gasteiger partial charge is 0.476 e. The van der Waals surface area contributed by atoms with Crippen LogP contribution in [0.15, 0.2) is 18.5 Å². The minimum Gasteiger partial charge on any atom is -0.476 e. The lowest BCUT2D eigenvalue weighted by Gasteiger charge is -2.32. The molecule has 1 fully saturated rings. The molecule has 1 saturated heterocycles. The number of aryl methyl sites for hydroxylation is 1. The van der Waals surface area contributed by atoms with Gasteiger partial charge in [-0.25, -0.2) is 14.4 Å². The first-order valence-corrected chi connectivity index (χ1v) is 9.59. The highest BCUT2D eigenvalue weighted by Crippen LogP contribution is 2.26. The fourth-order valence-corrected chi connectivity index (χ4v) is 3.17. The average Bonchev–Trinajstić information content (AvgIpc) is 2.67. The van der Waals surface area contributed by atoms with Crippen molar-refractivity contribution in [3.8, 4) is 5.88 Å². The Bertz CT molecular complexity index is 752. The van der Waals surface area contributed by atoms with Gasteiger partial charge in [0.25, 0.3) is 0 Å². The molecular weight excluding hydrogens is 345 g/mol. The van der Waals surface area contributed by atoms with Crippen molar-refractivity contribution in [2.75, 3.05) is 24.6 Å². The van der Waals surface area contributed by atoms with Crippen LogP contribution in [-0.4, -0.2) is 39.9 Å². The highest BCUT2D eigenvalue weighted by atomic mass is 19.1. The van der Waals surface area contributed by atoms with E-state index in [4.69, 9.17) is 4.74 Å². The summed E-state index contributed by atoms with van der Waals surface area (Å²) in [5.41, 5.74) is 1.40. The zero-order valence-corrected chi connectivity index (χ0v) is 16.6. The van der Waals surface area contributed by atoms with Crippen molar-refractivity contribution < 1.29 is 9.13 Å². The van der Waals surface area contributed by atoms with Gasteiger partial charge >= 0.3 is 0 Å². The number of hydrogen-bond donors (Lipinski definition) is 0. The molecule has 0 unspecified atom stereocenters. The third-order valence-corrected chi connectivity index (χ3v) is 4.97. The highest BCUT2D eigenvalue weighted by molar-refractivity contribution is 5.41. The Morgan fingerprint density at radius 1 is 1.15 bits per heavy atom. The number of ether oxygens (including phenoxy) is 1. The SMILES string of the molecule is CCc1ncnc(N2CCC(COc3ccc(C(C)(C)C)nn3)CC2)c1F. The van der Waals surface area contributed by atoms with Gasteiger partial charge in [-0.1, -0.05) is 27.7 Å². The van der Waals surface area contributed by atoms with Gasteiger partial charge in [-0.3, -0.25) is 0 Å². The van der Waals surface area contributed by atoms with Crippen molar-refractivity contribution in [2.24, 2.45) is 5.92 Å². The van der Waals surface area contributed by atoms with Crippen LogP contribution in [-0.2, 0) is 11.8 Å². The van der Waals surface area contributed by atoms with Crippen LogP contribution in [0.1, 0.15) is 51.9 Å². The second-order valence-corrected chi connectivity index (χ2v) is 8.06. The molecule has 0 atom stereocenters. The molecule has 6 nitrogen and oxygen atoms in total. The van der Waals surface area contributed by atoms with Gasteiger partial charge in [0.05, 0.1) is 18.0 Å². The van der Waals surface area contributed by atoms with Gasteiger partial charge in [0, 0.05) is 24.6 Å². The van der Waals surface area contributed by atoms with Gasteiger partial charge in [0.2, 0.25) is 5.88 Å². The molecule has 1 aliphatic rings. The van der Waals surface area contributed by atoms with Gasteiger partial charge in [-0.2, -0.15) is 5.10 Å². The molecule has 2 aromatic rings. The Kier molecular flexibility index (Phi) is 5.87. The maximum Gasteiger partial charge on any atom is 0.233 e. The standard InChI is InChI=1S/C20H28FN5O/c1-5-15-18(21)19(23-13-22-15)26-10-8-14(9-11-26)12-27-17-7-6-16(24-25-17)20(2,3)4/h6-7,13-14H,5,8-12H2,1-4H3. The van der Waals surface area contributed by atoms with E-state index in [1.807, 2.05) is 24.0 Å². The molecular formula is C20H28FN5O. The van der Waals surface area contributed by atoms with E-state index < -0.39 is 0 Å². The lowest BCUT2D eigenvalue weighted by Crippen LogP contribution is -2.36. The third kappa shape index (κ3) is 4.70. The molecule has 2 aromatic heterocycles. The van der Waals surface area contributed by atoms with Crippen molar-refractivity contribution in [2.45, 2.75) is 52.4 Å². The number of anilines is 1. The summed E-state index contributed by atoms with van der Waals surface area (Å²) in [5, 5.41) is 8.43. The summed E-state index contributed by atoms with van der Waals surface area (Å²) in [6.45, 7) is 10.3. The molecule has 3 rings (SSSR count). The molecule has 3 heterocycles. The van der Waals surface area contributed by atoms with Crippen LogP contribution >= 0.6 is 0 Å². The van der Waals surface area contributed by atoms with Gasteiger partial charge in [0.1, 0.15) is 6.33 Å². The molecule has 0 spiro atoms. The smallest absolute Gasteiger partial charge is 0.233 e. The topological polar surface area (TPSA) is 64.0 Å². The summed E-state index contributed by atoms with van der Waals surface area (Å²) in [6, 6.07) is 3.85. The zero-order valence-electron chi connectivity index (χ0n) is 16.6.